The van der Waals surface area contributed by atoms with Gasteiger partial charge in [-0.2, -0.15) is 13.2 Å². The van der Waals surface area contributed by atoms with Crippen molar-refractivity contribution in [2.45, 2.75) is 13.0 Å². The van der Waals surface area contributed by atoms with Crippen molar-refractivity contribution in [2.75, 3.05) is 6.67 Å². The van der Waals surface area contributed by atoms with Gasteiger partial charge in [0.1, 0.15) is 0 Å². The zero-order valence-electron chi connectivity index (χ0n) is 7.68. The van der Waals surface area contributed by atoms with Crippen molar-refractivity contribution >= 4 is 30.3 Å². The van der Waals surface area contributed by atoms with Gasteiger partial charge in [0.2, 0.25) is 0 Å². The quantitative estimate of drug-likeness (QED) is 0.296. The molecular formula is C5H9BF3N3O2S. The van der Waals surface area contributed by atoms with Crippen LogP contribution in [-0.2, 0) is 4.79 Å². The molecule has 0 aromatic carbocycles. The molecule has 1 amide bonds. The predicted octanol–water partition coefficient (Wildman–Crippen LogP) is -0.803. The van der Waals surface area contributed by atoms with Gasteiger partial charge in [-0.1, -0.05) is 0 Å². The van der Waals surface area contributed by atoms with E-state index in [-0.39, 0.29) is 5.11 Å². The Hall–Kier alpha value is -1.03. The Balaban J connectivity index is 3.72. The maximum atomic E-state index is 11.7. The maximum absolute atomic E-state index is 11.7. The third-order valence-corrected chi connectivity index (χ3v) is 1.36. The Morgan fingerprint density at radius 2 is 2.00 bits per heavy atom. The summed E-state index contributed by atoms with van der Waals surface area (Å²) in [6.07, 6.45) is -4.92. The van der Waals surface area contributed by atoms with E-state index >= 15 is 0 Å². The summed E-state index contributed by atoms with van der Waals surface area (Å²) in [5.74, 6) is -2.06. The molecule has 0 saturated heterocycles. The van der Waals surface area contributed by atoms with Crippen LogP contribution in [0, 0.1) is 0 Å². The van der Waals surface area contributed by atoms with Gasteiger partial charge in [-0.3, -0.25) is 4.79 Å². The van der Waals surface area contributed by atoms with Gasteiger partial charge in [-0.05, 0) is 19.0 Å². The van der Waals surface area contributed by atoms with Gasteiger partial charge in [0.15, 0.2) is 5.11 Å². The smallest absolute Gasteiger partial charge is 0.433 e. The van der Waals surface area contributed by atoms with E-state index in [0.717, 1.165) is 0 Å². The first kappa shape index (κ1) is 14.0. The lowest BCUT2D eigenvalue weighted by molar-refractivity contribution is -0.173. The molecule has 0 aliphatic carbocycles. The van der Waals surface area contributed by atoms with Crippen LogP contribution in [0.5, 0.6) is 0 Å². The fourth-order valence-electron chi connectivity index (χ4n) is 0.546. The second-order valence-corrected chi connectivity index (χ2v) is 2.91. The number of rotatable bonds is 3. The molecule has 0 unspecified atom stereocenters. The standard InChI is InChI=1S/C5H9BF3N3O2S/c1-6(14)12-4(15)11-2-10-3(13)5(7,8)9/h14H,2H2,1H3,(H,10,13)(H2,11,12,15). The van der Waals surface area contributed by atoms with Gasteiger partial charge in [-0.25, -0.2) is 0 Å². The Kier molecular flexibility index (Phi) is 5.37. The van der Waals surface area contributed by atoms with Crippen molar-refractivity contribution in [3.63, 3.8) is 0 Å². The molecule has 0 radical (unpaired) electrons. The molecular weight excluding hydrogens is 234 g/mol. The third-order valence-electron chi connectivity index (χ3n) is 1.10. The van der Waals surface area contributed by atoms with E-state index < -0.39 is 25.8 Å². The molecule has 0 fully saturated rings. The molecule has 10 heteroatoms. The molecule has 5 nitrogen and oxygen atoms in total. The van der Waals surface area contributed by atoms with E-state index in [0.29, 0.717) is 0 Å². The van der Waals surface area contributed by atoms with Crippen molar-refractivity contribution < 1.29 is 23.0 Å². The van der Waals surface area contributed by atoms with Crippen molar-refractivity contribution in [3.8, 4) is 0 Å². The minimum absolute atomic E-state index is 0.0625. The van der Waals surface area contributed by atoms with Crippen LogP contribution in [-0.4, -0.2) is 35.9 Å². The number of nitrogens with one attached hydrogen (secondary N) is 3. The Bertz CT molecular complexity index is 248. The number of carbonyl (C=O) groups is 1. The SMILES string of the molecule is CB(O)NC(=S)NCNC(=O)C(F)(F)F. The van der Waals surface area contributed by atoms with Gasteiger partial charge in [0.05, 0.1) is 6.67 Å². The molecule has 86 valence electrons. The van der Waals surface area contributed by atoms with Crippen LogP contribution in [0.1, 0.15) is 0 Å². The largest absolute Gasteiger partial charge is 0.471 e. The van der Waals surface area contributed by atoms with Gasteiger partial charge in [0, 0.05) is 0 Å². The second kappa shape index (κ2) is 5.76. The molecule has 0 aliphatic rings. The highest BCUT2D eigenvalue weighted by Gasteiger charge is 2.38. The summed E-state index contributed by atoms with van der Waals surface area (Å²) in [6, 6.07) is 0. The number of alkyl halides is 3. The number of amides is 1. The summed E-state index contributed by atoms with van der Waals surface area (Å²) in [4.78, 5) is 10.3. The van der Waals surface area contributed by atoms with Gasteiger partial charge < -0.3 is 20.9 Å². The topological polar surface area (TPSA) is 73.4 Å². The monoisotopic (exact) mass is 243 g/mol. The molecule has 0 aromatic rings. The normalized spacial score (nSPS) is 10.5. The van der Waals surface area contributed by atoms with Crippen LogP contribution in [0.15, 0.2) is 0 Å². The van der Waals surface area contributed by atoms with E-state index in [2.05, 4.69) is 22.8 Å². The lowest BCUT2D eigenvalue weighted by Crippen LogP contribution is -2.49. The van der Waals surface area contributed by atoms with Crippen LogP contribution in [0.3, 0.4) is 0 Å². The summed E-state index contributed by atoms with van der Waals surface area (Å²) < 4.78 is 35.0. The lowest BCUT2D eigenvalue weighted by Gasteiger charge is -2.12. The molecule has 0 bridgehead atoms. The summed E-state index contributed by atoms with van der Waals surface area (Å²) in [5.41, 5.74) is 0. The number of hydrogen-bond acceptors (Lipinski definition) is 3. The zero-order chi connectivity index (χ0) is 12.1. The van der Waals surface area contributed by atoms with E-state index in [4.69, 9.17) is 5.02 Å². The fourth-order valence-corrected chi connectivity index (χ4v) is 0.788. The first-order valence-corrected chi connectivity index (χ1v) is 4.21. The average molecular weight is 243 g/mol. The molecule has 0 aliphatic heterocycles. The lowest BCUT2D eigenvalue weighted by atomic mass is 9.90. The molecule has 0 aromatic heterocycles. The molecule has 0 heterocycles. The van der Waals surface area contributed by atoms with Crippen LogP contribution < -0.4 is 15.9 Å². The van der Waals surface area contributed by atoms with E-state index in [1.807, 2.05) is 0 Å². The first-order valence-electron chi connectivity index (χ1n) is 3.81. The van der Waals surface area contributed by atoms with Crippen molar-refractivity contribution in [1.82, 2.24) is 15.9 Å². The van der Waals surface area contributed by atoms with Gasteiger partial charge in [0.25, 0.3) is 0 Å². The summed E-state index contributed by atoms with van der Waals surface area (Å²) in [5, 5.41) is 14.8. The molecule has 0 rings (SSSR count). The molecule has 0 spiro atoms. The third kappa shape index (κ3) is 6.97. The minimum atomic E-state index is -4.92. The van der Waals surface area contributed by atoms with E-state index in [9.17, 15) is 18.0 Å². The predicted molar refractivity (Wildman–Crippen MR) is 51.8 cm³/mol. The van der Waals surface area contributed by atoms with Crippen molar-refractivity contribution in [2.24, 2.45) is 0 Å². The fraction of sp³-hybridized carbons (Fsp3) is 0.600. The first-order chi connectivity index (χ1) is 6.73. The van der Waals surface area contributed by atoms with Crippen LogP contribution in [0.25, 0.3) is 0 Å². The highest BCUT2D eigenvalue weighted by molar-refractivity contribution is 7.80. The maximum Gasteiger partial charge on any atom is 0.471 e. The molecule has 0 atom stereocenters. The molecule has 0 saturated carbocycles. The van der Waals surface area contributed by atoms with Crippen molar-refractivity contribution in [3.05, 3.63) is 0 Å². The van der Waals surface area contributed by atoms with Crippen molar-refractivity contribution in [1.29, 1.82) is 0 Å². The van der Waals surface area contributed by atoms with E-state index in [1.165, 1.54) is 6.82 Å². The summed E-state index contributed by atoms with van der Waals surface area (Å²) in [6.45, 7) is 0.902. The molecule has 4 N–H and O–H groups in total. The van der Waals surface area contributed by atoms with E-state index in [1.54, 1.807) is 5.32 Å². The number of halogens is 3. The summed E-state index contributed by atoms with van der Waals surface area (Å²) >= 11 is 4.56. The number of carbonyl (C=O) groups excluding carboxylic acids is 1. The van der Waals surface area contributed by atoms with Crippen LogP contribution in [0.2, 0.25) is 6.82 Å². The number of thiocarbonyl (C=S) groups is 1. The minimum Gasteiger partial charge on any atom is -0.433 e. The van der Waals surface area contributed by atoms with Gasteiger partial charge in [-0.15, -0.1) is 0 Å². The van der Waals surface area contributed by atoms with Gasteiger partial charge >= 0.3 is 19.1 Å². The van der Waals surface area contributed by atoms with Crippen LogP contribution >= 0.6 is 12.2 Å². The summed E-state index contributed by atoms with van der Waals surface area (Å²) in [7, 11) is -0.927. The Morgan fingerprint density at radius 1 is 1.47 bits per heavy atom. The Labute approximate surface area is 89.5 Å². The zero-order valence-corrected chi connectivity index (χ0v) is 8.50. The molecule has 15 heavy (non-hydrogen) atoms. The Morgan fingerprint density at radius 3 is 2.40 bits per heavy atom. The average Bonchev–Trinajstić information content (AvgIpc) is 2.00. The highest BCUT2D eigenvalue weighted by atomic mass is 32.1. The second-order valence-electron chi connectivity index (χ2n) is 2.51. The highest BCUT2D eigenvalue weighted by Crippen LogP contribution is 2.13. The number of hydrogen-bond donors (Lipinski definition) is 4. The van der Waals surface area contributed by atoms with Crippen LogP contribution in [0.4, 0.5) is 13.2 Å².